The molecule has 0 spiro atoms. The third-order valence-corrected chi connectivity index (χ3v) is 3.71. The molecule has 0 radical (unpaired) electrons. The second kappa shape index (κ2) is 8.22. The van der Waals surface area contributed by atoms with E-state index in [9.17, 15) is 5.11 Å². The average molecular weight is 294 g/mol. The van der Waals surface area contributed by atoms with Gasteiger partial charge in [0.1, 0.15) is 5.75 Å². The van der Waals surface area contributed by atoms with Gasteiger partial charge in [0.05, 0.1) is 19.3 Å². The van der Waals surface area contributed by atoms with E-state index in [4.69, 9.17) is 9.47 Å². The van der Waals surface area contributed by atoms with Crippen LogP contribution in [-0.4, -0.2) is 69.2 Å². The first-order chi connectivity index (χ1) is 10.2. The van der Waals surface area contributed by atoms with Crippen molar-refractivity contribution in [1.82, 2.24) is 4.90 Å². The second-order valence-corrected chi connectivity index (χ2v) is 5.32. The van der Waals surface area contributed by atoms with E-state index in [1.165, 1.54) is 5.69 Å². The summed E-state index contributed by atoms with van der Waals surface area (Å²) in [6, 6.07) is 8.27. The maximum absolute atomic E-state index is 9.77. The predicted molar refractivity (Wildman–Crippen MR) is 84.1 cm³/mol. The summed E-state index contributed by atoms with van der Waals surface area (Å²) in [5.41, 5.74) is 1.23. The van der Waals surface area contributed by atoms with Crippen molar-refractivity contribution in [1.29, 1.82) is 0 Å². The quantitative estimate of drug-likeness (QED) is 0.819. The van der Waals surface area contributed by atoms with Crippen LogP contribution in [0.2, 0.25) is 0 Å². The first kappa shape index (κ1) is 16.1. The molecule has 1 aliphatic heterocycles. The Morgan fingerprint density at radius 3 is 2.38 bits per heavy atom. The third-order valence-electron chi connectivity index (χ3n) is 3.71. The SMILES string of the molecule is CCOc1ccc(N2CCN(C[C@H](O)COC)CC2)cc1. The molecule has 5 nitrogen and oxygen atoms in total. The number of β-amino-alcohol motifs (C(OH)–C–C–N with tert-alkyl or cyclic N) is 1. The Balaban J connectivity index is 1.80. The van der Waals surface area contributed by atoms with Crippen LogP contribution in [-0.2, 0) is 4.74 Å². The van der Waals surface area contributed by atoms with Crippen LogP contribution in [0.25, 0.3) is 0 Å². The lowest BCUT2D eigenvalue weighted by molar-refractivity contribution is 0.0365. The van der Waals surface area contributed by atoms with Gasteiger partial charge >= 0.3 is 0 Å². The van der Waals surface area contributed by atoms with Crippen molar-refractivity contribution in [2.75, 3.05) is 57.9 Å². The van der Waals surface area contributed by atoms with Crippen molar-refractivity contribution in [2.24, 2.45) is 0 Å². The van der Waals surface area contributed by atoms with E-state index < -0.39 is 6.10 Å². The molecule has 1 fully saturated rings. The van der Waals surface area contributed by atoms with Crippen LogP contribution < -0.4 is 9.64 Å². The number of hydrogen-bond donors (Lipinski definition) is 1. The van der Waals surface area contributed by atoms with E-state index in [1.54, 1.807) is 7.11 Å². The first-order valence-corrected chi connectivity index (χ1v) is 7.60. The standard InChI is InChI=1S/C16H26N2O3/c1-3-21-16-6-4-14(5-7-16)18-10-8-17(9-11-18)12-15(19)13-20-2/h4-7,15,19H,3,8-13H2,1-2H3/t15-/m0/s1. The first-order valence-electron chi connectivity index (χ1n) is 7.60. The molecule has 0 bridgehead atoms. The highest BCUT2D eigenvalue weighted by atomic mass is 16.5. The average Bonchev–Trinajstić information content (AvgIpc) is 2.49. The number of anilines is 1. The highest BCUT2D eigenvalue weighted by Crippen LogP contribution is 2.20. The van der Waals surface area contributed by atoms with Gasteiger partial charge < -0.3 is 19.5 Å². The minimum absolute atomic E-state index is 0.396. The fourth-order valence-electron chi connectivity index (χ4n) is 2.65. The molecule has 5 heteroatoms. The molecule has 1 heterocycles. The fraction of sp³-hybridized carbons (Fsp3) is 0.625. The van der Waals surface area contributed by atoms with Crippen molar-refractivity contribution in [3.8, 4) is 5.75 Å². The van der Waals surface area contributed by atoms with Crippen LogP contribution in [0.15, 0.2) is 24.3 Å². The molecule has 0 aromatic heterocycles. The Hall–Kier alpha value is -1.30. The molecule has 0 amide bonds. The Morgan fingerprint density at radius 1 is 1.14 bits per heavy atom. The largest absolute Gasteiger partial charge is 0.494 e. The number of hydrogen-bond acceptors (Lipinski definition) is 5. The molecule has 2 rings (SSSR count). The molecule has 21 heavy (non-hydrogen) atoms. The van der Waals surface area contributed by atoms with Gasteiger partial charge in [-0.1, -0.05) is 0 Å². The van der Waals surface area contributed by atoms with Gasteiger partial charge in [0, 0.05) is 45.5 Å². The molecule has 1 N–H and O–H groups in total. The summed E-state index contributed by atoms with van der Waals surface area (Å²) in [7, 11) is 1.62. The summed E-state index contributed by atoms with van der Waals surface area (Å²) in [6.07, 6.45) is -0.396. The van der Waals surface area contributed by atoms with Gasteiger partial charge in [-0.15, -0.1) is 0 Å². The van der Waals surface area contributed by atoms with Crippen LogP contribution in [0.3, 0.4) is 0 Å². The summed E-state index contributed by atoms with van der Waals surface area (Å²) in [5.74, 6) is 0.919. The minimum atomic E-state index is -0.396. The molecule has 1 atom stereocenters. The number of piperazine rings is 1. The van der Waals surface area contributed by atoms with Gasteiger partial charge in [-0.25, -0.2) is 0 Å². The zero-order valence-corrected chi connectivity index (χ0v) is 13.0. The molecule has 0 unspecified atom stereocenters. The van der Waals surface area contributed by atoms with Crippen molar-refractivity contribution in [3.63, 3.8) is 0 Å². The van der Waals surface area contributed by atoms with Gasteiger partial charge in [0.15, 0.2) is 0 Å². The molecule has 1 aromatic carbocycles. The van der Waals surface area contributed by atoms with Crippen molar-refractivity contribution >= 4 is 5.69 Å². The summed E-state index contributed by atoms with van der Waals surface area (Å²) in [5, 5.41) is 9.77. The smallest absolute Gasteiger partial charge is 0.119 e. The maximum Gasteiger partial charge on any atom is 0.119 e. The zero-order valence-electron chi connectivity index (χ0n) is 13.0. The minimum Gasteiger partial charge on any atom is -0.494 e. The van der Waals surface area contributed by atoms with Crippen molar-refractivity contribution < 1.29 is 14.6 Å². The van der Waals surface area contributed by atoms with Gasteiger partial charge in [0.25, 0.3) is 0 Å². The third kappa shape index (κ3) is 4.88. The summed E-state index contributed by atoms with van der Waals surface area (Å²) in [6.45, 7) is 7.67. The lowest BCUT2D eigenvalue weighted by Crippen LogP contribution is -2.49. The van der Waals surface area contributed by atoms with Gasteiger partial charge in [-0.2, -0.15) is 0 Å². The predicted octanol–water partition coefficient (Wildman–Crippen LogP) is 1.21. The van der Waals surface area contributed by atoms with E-state index in [-0.39, 0.29) is 0 Å². The Labute approximate surface area is 127 Å². The van der Waals surface area contributed by atoms with Crippen molar-refractivity contribution in [2.45, 2.75) is 13.0 Å². The monoisotopic (exact) mass is 294 g/mol. The normalized spacial score (nSPS) is 17.8. The van der Waals surface area contributed by atoms with Crippen LogP contribution in [0.4, 0.5) is 5.69 Å². The summed E-state index contributed by atoms with van der Waals surface area (Å²) < 4.78 is 10.4. The van der Waals surface area contributed by atoms with E-state index in [0.717, 1.165) is 31.9 Å². The molecule has 1 saturated heterocycles. The summed E-state index contributed by atoms with van der Waals surface area (Å²) >= 11 is 0. The number of aliphatic hydroxyl groups is 1. The topological polar surface area (TPSA) is 45.2 Å². The van der Waals surface area contributed by atoms with E-state index in [2.05, 4.69) is 21.9 Å². The molecule has 0 saturated carbocycles. The number of benzene rings is 1. The number of aliphatic hydroxyl groups excluding tert-OH is 1. The fourth-order valence-corrected chi connectivity index (χ4v) is 2.65. The number of nitrogens with zero attached hydrogens (tertiary/aromatic N) is 2. The molecule has 1 aromatic rings. The number of rotatable bonds is 7. The number of ether oxygens (including phenoxy) is 2. The maximum atomic E-state index is 9.77. The second-order valence-electron chi connectivity index (χ2n) is 5.32. The van der Waals surface area contributed by atoms with Crippen LogP contribution in [0, 0.1) is 0 Å². The molecule has 0 aliphatic carbocycles. The van der Waals surface area contributed by atoms with Crippen LogP contribution >= 0.6 is 0 Å². The highest BCUT2D eigenvalue weighted by molar-refractivity contribution is 5.49. The van der Waals surface area contributed by atoms with E-state index in [0.29, 0.717) is 19.8 Å². The molecule has 118 valence electrons. The Morgan fingerprint density at radius 2 is 1.81 bits per heavy atom. The lowest BCUT2D eigenvalue weighted by Gasteiger charge is -2.36. The Bertz CT molecular complexity index is 402. The Kier molecular flexibility index (Phi) is 6.29. The zero-order chi connectivity index (χ0) is 15.1. The van der Waals surface area contributed by atoms with E-state index in [1.807, 2.05) is 19.1 Å². The van der Waals surface area contributed by atoms with Gasteiger partial charge in [-0.05, 0) is 31.2 Å². The van der Waals surface area contributed by atoms with E-state index >= 15 is 0 Å². The number of methoxy groups -OCH3 is 1. The van der Waals surface area contributed by atoms with Gasteiger partial charge in [0.2, 0.25) is 0 Å². The van der Waals surface area contributed by atoms with Gasteiger partial charge in [-0.3, -0.25) is 4.90 Å². The lowest BCUT2D eigenvalue weighted by atomic mass is 10.2. The highest BCUT2D eigenvalue weighted by Gasteiger charge is 2.19. The summed E-state index contributed by atoms with van der Waals surface area (Å²) in [4.78, 5) is 4.66. The molecular weight excluding hydrogens is 268 g/mol. The van der Waals surface area contributed by atoms with Crippen LogP contribution in [0.5, 0.6) is 5.75 Å². The molecule has 1 aliphatic rings. The van der Waals surface area contributed by atoms with Crippen LogP contribution in [0.1, 0.15) is 6.92 Å². The molecular formula is C16H26N2O3. The van der Waals surface area contributed by atoms with Crippen molar-refractivity contribution in [3.05, 3.63) is 24.3 Å².